The maximum Gasteiger partial charge on any atom is 0.307 e. The second-order valence-corrected chi connectivity index (χ2v) is 3.87. The van der Waals surface area contributed by atoms with Gasteiger partial charge in [0.25, 0.3) is 0 Å². The fraction of sp³-hybridized carbons (Fsp3) is 0.0833. The third kappa shape index (κ3) is 2.25. The summed E-state index contributed by atoms with van der Waals surface area (Å²) in [6, 6.07) is 8.97. The molecular weight excluding hydrogens is 226 g/mol. The maximum atomic E-state index is 10.7. The molecule has 0 unspecified atom stereocenters. The molecule has 0 amide bonds. The molecule has 0 fully saturated rings. The van der Waals surface area contributed by atoms with E-state index in [1.165, 1.54) is 0 Å². The van der Waals surface area contributed by atoms with Crippen LogP contribution in [0.1, 0.15) is 5.56 Å². The van der Waals surface area contributed by atoms with Crippen molar-refractivity contribution in [1.82, 2.24) is 4.57 Å². The van der Waals surface area contributed by atoms with Crippen LogP contribution in [0, 0.1) is 0 Å². The van der Waals surface area contributed by atoms with Gasteiger partial charge in [-0.15, -0.1) is 0 Å². The van der Waals surface area contributed by atoms with Crippen LogP contribution in [-0.4, -0.2) is 15.6 Å². The SMILES string of the molecule is O=C(O)Cc1ccc(Cl)cc1-n1cccc1. The van der Waals surface area contributed by atoms with Gasteiger partial charge < -0.3 is 9.67 Å². The fourth-order valence-corrected chi connectivity index (χ4v) is 1.75. The first kappa shape index (κ1) is 10.8. The number of rotatable bonds is 3. The summed E-state index contributed by atoms with van der Waals surface area (Å²) >= 11 is 5.91. The average molecular weight is 236 g/mol. The van der Waals surface area contributed by atoms with Crippen LogP contribution in [0.4, 0.5) is 0 Å². The molecule has 0 bridgehead atoms. The van der Waals surface area contributed by atoms with Gasteiger partial charge in [-0.3, -0.25) is 4.79 Å². The van der Waals surface area contributed by atoms with Crippen LogP contribution in [0.25, 0.3) is 5.69 Å². The van der Waals surface area contributed by atoms with Crippen molar-refractivity contribution in [1.29, 1.82) is 0 Å². The highest BCUT2D eigenvalue weighted by Crippen LogP contribution is 2.20. The molecule has 0 atom stereocenters. The number of carbonyl (C=O) groups is 1. The summed E-state index contributed by atoms with van der Waals surface area (Å²) in [5.41, 5.74) is 1.55. The number of aliphatic carboxylic acids is 1. The fourth-order valence-electron chi connectivity index (χ4n) is 1.58. The van der Waals surface area contributed by atoms with Crippen LogP contribution >= 0.6 is 11.6 Å². The van der Waals surface area contributed by atoms with Crippen molar-refractivity contribution in [2.45, 2.75) is 6.42 Å². The lowest BCUT2D eigenvalue weighted by Gasteiger charge is -2.09. The van der Waals surface area contributed by atoms with E-state index in [9.17, 15) is 4.79 Å². The zero-order valence-electron chi connectivity index (χ0n) is 8.43. The van der Waals surface area contributed by atoms with Crippen LogP contribution in [0.2, 0.25) is 5.02 Å². The molecular formula is C12H10ClNO2. The third-order valence-corrected chi connectivity index (χ3v) is 2.51. The van der Waals surface area contributed by atoms with E-state index in [-0.39, 0.29) is 6.42 Å². The predicted molar refractivity (Wildman–Crippen MR) is 62.1 cm³/mol. The first-order chi connectivity index (χ1) is 7.66. The van der Waals surface area contributed by atoms with Gasteiger partial charge in [-0.25, -0.2) is 0 Å². The molecule has 82 valence electrons. The van der Waals surface area contributed by atoms with E-state index < -0.39 is 5.97 Å². The molecule has 1 heterocycles. The Morgan fingerprint density at radius 1 is 1.31 bits per heavy atom. The van der Waals surface area contributed by atoms with Crippen LogP contribution in [0.5, 0.6) is 0 Å². The van der Waals surface area contributed by atoms with Crippen LogP contribution in [0.15, 0.2) is 42.7 Å². The molecule has 0 spiro atoms. The smallest absolute Gasteiger partial charge is 0.307 e. The largest absolute Gasteiger partial charge is 0.481 e. The number of nitrogens with zero attached hydrogens (tertiary/aromatic N) is 1. The van der Waals surface area contributed by atoms with Gasteiger partial charge >= 0.3 is 5.97 Å². The van der Waals surface area contributed by atoms with Gasteiger partial charge in [0.15, 0.2) is 0 Å². The zero-order chi connectivity index (χ0) is 11.5. The van der Waals surface area contributed by atoms with Gasteiger partial charge in [0.2, 0.25) is 0 Å². The van der Waals surface area contributed by atoms with E-state index in [1.54, 1.807) is 18.2 Å². The maximum absolute atomic E-state index is 10.7. The summed E-state index contributed by atoms with van der Waals surface area (Å²) in [7, 11) is 0. The molecule has 0 saturated heterocycles. The monoisotopic (exact) mass is 235 g/mol. The summed E-state index contributed by atoms with van der Waals surface area (Å²) < 4.78 is 1.85. The highest BCUT2D eigenvalue weighted by molar-refractivity contribution is 6.30. The quantitative estimate of drug-likeness (QED) is 0.889. The van der Waals surface area contributed by atoms with Crippen molar-refractivity contribution >= 4 is 17.6 Å². The Labute approximate surface area is 97.9 Å². The minimum Gasteiger partial charge on any atom is -0.481 e. The van der Waals surface area contributed by atoms with Crippen molar-refractivity contribution in [3.8, 4) is 5.69 Å². The Morgan fingerprint density at radius 3 is 2.62 bits per heavy atom. The van der Waals surface area contributed by atoms with E-state index >= 15 is 0 Å². The van der Waals surface area contributed by atoms with Crippen molar-refractivity contribution in [3.63, 3.8) is 0 Å². The van der Waals surface area contributed by atoms with Crippen molar-refractivity contribution < 1.29 is 9.90 Å². The zero-order valence-corrected chi connectivity index (χ0v) is 9.19. The molecule has 2 rings (SSSR count). The number of carboxylic acids is 1. The normalized spacial score (nSPS) is 10.3. The van der Waals surface area contributed by atoms with Gasteiger partial charge in [-0.2, -0.15) is 0 Å². The molecule has 3 nitrogen and oxygen atoms in total. The standard InChI is InChI=1S/C12H10ClNO2/c13-10-4-3-9(7-12(15)16)11(8-10)14-5-1-2-6-14/h1-6,8H,7H2,(H,15,16). The van der Waals surface area contributed by atoms with Crippen molar-refractivity contribution in [2.24, 2.45) is 0 Å². The minimum atomic E-state index is -0.851. The summed E-state index contributed by atoms with van der Waals surface area (Å²) in [4.78, 5) is 10.7. The Balaban J connectivity index is 2.48. The van der Waals surface area contributed by atoms with E-state index in [2.05, 4.69) is 0 Å². The molecule has 1 N–H and O–H groups in total. The number of hydrogen-bond donors (Lipinski definition) is 1. The Bertz CT molecular complexity index is 506. The van der Waals surface area contributed by atoms with E-state index in [1.807, 2.05) is 29.1 Å². The van der Waals surface area contributed by atoms with Crippen LogP contribution < -0.4 is 0 Å². The summed E-state index contributed by atoms with van der Waals surface area (Å²) in [5, 5.41) is 9.41. The second-order valence-electron chi connectivity index (χ2n) is 3.43. The first-order valence-corrected chi connectivity index (χ1v) is 5.18. The van der Waals surface area contributed by atoms with Gasteiger partial charge in [0, 0.05) is 17.4 Å². The summed E-state index contributed by atoms with van der Waals surface area (Å²) in [5.74, 6) is -0.851. The second kappa shape index (κ2) is 4.41. The lowest BCUT2D eigenvalue weighted by atomic mass is 10.1. The predicted octanol–water partition coefficient (Wildman–Crippen LogP) is 2.76. The lowest BCUT2D eigenvalue weighted by molar-refractivity contribution is -0.136. The Morgan fingerprint density at radius 2 is 2.00 bits per heavy atom. The van der Waals surface area contributed by atoms with E-state index in [0.29, 0.717) is 5.02 Å². The highest BCUT2D eigenvalue weighted by Gasteiger charge is 2.08. The lowest BCUT2D eigenvalue weighted by Crippen LogP contribution is -2.04. The summed E-state index contributed by atoms with van der Waals surface area (Å²) in [6.07, 6.45) is 3.71. The molecule has 2 aromatic rings. The van der Waals surface area contributed by atoms with Crippen molar-refractivity contribution in [3.05, 3.63) is 53.3 Å². The molecule has 0 radical (unpaired) electrons. The topological polar surface area (TPSA) is 42.2 Å². The number of benzene rings is 1. The van der Waals surface area contributed by atoms with Gasteiger partial charge in [-0.05, 0) is 29.8 Å². The molecule has 0 aliphatic rings. The number of halogens is 1. The summed E-state index contributed by atoms with van der Waals surface area (Å²) in [6.45, 7) is 0. The van der Waals surface area contributed by atoms with Gasteiger partial charge in [-0.1, -0.05) is 17.7 Å². The first-order valence-electron chi connectivity index (χ1n) is 4.80. The minimum absolute atomic E-state index is 0.00924. The molecule has 16 heavy (non-hydrogen) atoms. The molecule has 0 saturated carbocycles. The Kier molecular flexibility index (Phi) is 2.97. The number of hydrogen-bond acceptors (Lipinski definition) is 1. The van der Waals surface area contributed by atoms with Crippen LogP contribution in [-0.2, 0) is 11.2 Å². The molecule has 4 heteroatoms. The molecule has 0 aliphatic heterocycles. The average Bonchev–Trinajstić information content (AvgIpc) is 2.73. The van der Waals surface area contributed by atoms with E-state index in [0.717, 1.165) is 11.3 Å². The number of aromatic nitrogens is 1. The van der Waals surface area contributed by atoms with Crippen molar-refractivity contribution in [2.75, 3.05) is 0 Å². The third-order valence-electron chi connectivity index (χ3n) is 2.27. The van der Waals surface area contributed by atoms with E-state index in [4.69, 9.17) is 16.7 Å². The Hall–Kier alpha value is -1.74. The van der Waals surface area contributed by atoms with Gasteiger partial charge in [0.1, 0.15) is 0 Å². The highest BCUT2D eigenvalue weighted by atomic mass is 35.5. The number of carboxylic acid groups (broad SMARTS) is 1. The molecule has 0 aliphatic carbocycles. The molecule has 1 aromatic heterocycles. The van der Waals surface area contributed by atoms with Crippen LogP contribution in [0.3, 0.4) is 0 Å². The molecule has 1 aromatic carbocycles. The van der Waals surface area contributed by atoms with Gasteiger partial charge in [0.05, 0.1) is 12.1 Å².